The number of carbonyl (C=O) groups is 1. The van der Waals surface area contributed by atoms with Gasteiger partial charge in [-0.25, -0.2) is 4.98 Å². The first-order valence-electron chi connectivity index (χ1n) is 9.11. The summed E-state index contributed by atoms with van der Waals surface area (Å²) in [5, 5.41) is 2.40. The molecule has 0 saturated heterocycles. The third-order valence-corrected chi connectivity index (χ3v) is 4.55. The number of hydrogen-bond donors (Lipinski definition) is 1. The molecule has 2 aromatic carbocycles. The van der Waals surface area contributed by atoms with E-state index in [9.17, 15) is 18.0 Å². The number of ether oxygens (including phenoxy) is 1. The van der Waals surface area contributed by atoms with Gasteiger partial charge in [0.2, 0.25) is 11.8 Å². The molecule has 1 heterocycles. The number of nitrogens with one attached hydrogen (secondary N) is 1. The van der Waals surface area contributed by atoms with E-state index in [1.165, 1.54) is 12.1 Å². The number of aromatic nitrogens is 1. The third kappa shape index (κ3) is 6.22. The Morgan fingerprint density at radius 3 is 2.60 bits per heavy atom. The van der Waals surface area contributed by atoms with E-state index in [0.717, 1.165) is 11.6 Å². The Bertz CT molecular complexity index is 1010. The molecule has 1 N–H and O–H groups in total. The fraction of sp³-hybridized carbons (Fsp3) is 0.182. The van der Waals surface area contributed by atoms with Gasteiger partial charge in [-0.05, 0) is 47.9 Å². The lowest BCUT2D eigenvalue weighted by atomic mass is 10.1. The molecule has 0 aliphatic heterocycles. The van der Waals surface area contributed by atoms with E-state index >= 15 is 0 Å². The van der Waals surface area contributed by atoms with Crippen LogP contribution in [0, 0.1) is 0 Å². The van der Waals surface area contributed by atoms with Gasteiger partial charge in [0.05, 0.1) is 10.6 Å². The zero-order valence-electron chi connectivity index (χ0n) is 15.7. The third-order valence-electron chi connectivity index (χ3n) is 4.23. The van der Waals surface area contributed by atoms with Crippen molar-refractivity contribution in [3.05, 3.63) is 88.6 Å². The summed E-state index contributed by atoms with van der Waals surface area (Å²) in [4.78, 5) is 16.2. The molecule has 3 rings (SSSR count). The minimum absolute atomic E-state index is 0.0586. The zero-order chi connectivity index (χ0) is 21.6. The number of pyridine rings is 1. The summed E-state index contributed by atoms with van der Waals surface area (Å²) >= 11 is 5.61. The molecule has 4 nitrogen and oxygen atoms in total. The Morgan fingerprint density at radius 1 is 1.03 bits per heavy atom. The molecule has 0 saturated carbocycles. The highest BCUT2D eigenvalue weighted by Crippen LogP contribution is 2.35. The summed E-state index contributed by atoms with van der Waals surface area (Å²) in [7, 11) is 0. The van der Waals surface area contributed by atoms with Gasteiger partial charge in [0, 0.05) is 25.2 Å². The van der Waals surface area contributed by atoms with Crippen LogP contribution in [0.2, 0.25) is 5.02 Å². The van der Waals surface area contributed by atoms with Gasteiger partial charge in [-0.2, -0.15) is 13.2 Å². The highest BCUT2D eigenvalue weighted by atomic mass is 35.5. The van der Waals surface area contributed by atoms with Crippen molar-refractivity contribution >= 4 is 17.5 Å². The standard InChI is InChI=1S/C22H18ClF3N2O2/c23-19-9-7-15(13-18(19)22(24,25)26)8-10-20(29)28-14-16-4-3-5-17(12-16)30-21-6-1-2-11-27-21/h1-7,9,11-13H,8,10,14H2,(H,28,29). The van der Waals surface area contributed by atoms with Crippen molar-refractivity contribution in [3.63, 3.8) is 0 Å². The molecule has 156 valence electrons. The number of nitrogens with zero attached hydrogens (tertiary/aromatic N) is 1. The van der Waals surface area contributed by atoms with Crippen molar-refractivity contribution in [1.29, 1.82) is 0 Å². The van der Waals surface area contributed by atoms with Crippen LogP contribution in [0.4, 0.5) is 13.2 Å². The second kappa shape index (κ2) is 9.63. The van der Waals surface area contributed by atoms with Crippen LogP contribution >= 0.6 is 11.6 Å². The molecule has 3 aromatic rings. The van der Waals surface area contributed by atoms with Gasteiger partial charge in [0.1, 0.15) is 5.75 Å². The molecule has 0 aliphatic carbocycles. The van der Waals surface area contributed by atoms with Crippen molar-refractivity contribution in [3.8, 4) is 11.6 Å². The number of rotatable bonds is 7. The van der Waals surface area contributed by atoms with E-state index in [-0.39, 0.29) is 30.3 Å². The van der Waals surface area contributed by atoms with Crippen molar-refractivity contribution < 1.29 is 22.7 Å². The van der Waals surface area contributed by atoms with Gasteiger partial charge >= 0.3 is 6.18 Å². The van der Waals surface area contributed by atoms with Crippen LogP contribution in [-0.4, -0.2) is 10.9 Å². The lowest BCUT2D eigenvalue weighted by Crippen LogP contribution is -2.23. The molecular formula is C22H18ClF3N2O2. The van der Waals surface area contributed by atoms with E-state index in [1.807, 2.05) is 12.1 Å². The largest absolute Gasteiger partial charge is 0.439 e. The maximum absolute atomic E-state index is 12.9. The molecule has 0 bridgehead atoms. The predicted octanol–water partition coefficient (Wildman–Crippen LogP) is 5.80. The number of benzene rings is 2. The lowest BCUT2D eigenvalue weighted by Gasteiger charge is -2.11. The van der Waals surface area contributed by atoms with Crippen molar-refractivity contribution in [2.75, 3.05) is 0 Å². The van der Waals surface area contributed by atoms with Crippen LogP contribution in [0.5, 0.6) is 11.6 Å². The predicted molar refractivity (Wildman–Crippen MR) is 107 cm³/mol. The van der Waals surface area contributed by atoms with E-state index in [2.05, 4.69) is 10.3 Å². The number of halogens is 4. The minimum atomic E-state index is -4.53. The fourth-order valence-corrected chi connectivity index (χ4v) is 2.96. The lowest BCUT2D eigenvalue weighted by molar-refractivity contribution is -0.137. The van der Waals surface area contributed by atoms with Gasteiger partial charge in [-0.1, -0.05) is 35.9 Å². The Labute approximate surface area is 176 Å². The minimum Gasteiger partial charge on any atom is -0.439 e. The molecule has 0 atom stereocenters. The molecule has 1 aromatic heterocycles. The van der Waals surface area contributed by atoms with Crippen LogP contribution < -0.4 is 10.1 Å². The van der Waals surface area contributed by atoms with Gasteiger partial charge < -0.3 is 10.1 Å². The van der Waals surface area contributed by atoms with Gasteiger partial charge in [0.25, 0.3) is 0 Å². The maximum Gasteiger partial charge on any atom is 0.417 e. The SMILES string of the molecule is O=C(CCc1ccc(Cl)c(C(F)(F)F)c1)NCc1cccc(Oc2ccccn2)c1. The number of hydrogen-bond acceptors (Lipinski definition) is 3. The van der Waals surface area contributed by atoms with Crippen molar-refractivity contribution in [2.24, 2.45) is 0 Å². The topological polar surface area (TPSA) is 51.2 Å². The summed E-state index contributed by atoms with van der Waals surface area (Å²) in [5.41, 5.74) is 0.321. The molecule has 0 radical (unpaired) electrons. The number of alkyl halides is 3. The molecule has 0 spiro atoms. The first-order chi connectivity index (χ1) is 14.3. The first-order valence-corrected chi connectivity index (χ1v) is 9.49. The van der Waals surface area contributed by atoms with Gasteiger partial charge in [-0.3, -0.25) is 4.79 Å². The van der Waals surface area contributed by atoms with Crippen LogP contribution in [0.1, 0.15) is 23.1 Å². The van der Waals surface area contributed by atoms with Gasteiger partial charge in [0.15, 0.2) is 0 Å². The Hall–Kier alpha value is -3.06. The Morgan fingerprint density at radius 2 is 1.87 bits per heavy atom. The smallest absolute Gasteiger partial charge is 0.417 e. The summed E-state index contributed by atoms with van der Waals surface area (Å²) < 4.78 is 44.4. The number of carbonyl (C=O) groups excluding carboxylic acids is 1. The zero-order valence-corrected chi connectivity index (χ0v) is 16.5. The maximum atomic E-state index is 12.9. The number of aryl methyl sites for hydroxylation is 1. The Kier molecular flexibility index (Phi) is 6.95. The van der Waals surface area contributed by atoms with Crippen molar-refractivity contribution in [1.82, 2.24) is 10.3 Å². The van der Waals surface area contributed by atoms with Crippen LogP contribution in [0.25, 0.3) is 0 Å². The van der Waals surface area contributed by atoms with Crippen molar-refractivity contribution in [2.45, 2.75) is 25.6 Å². The van der Waals surface area contributed by atoms with Crippen LogP contribution in [-0.2, 0) is 23.9 Å². The molecule has 1 amide bonds. The average molecular weight is 435 g/mol. The Balaban J connectivity index is 1.52. The van der Waals surface area contributed by atoms with E-state index < -0.39 is 11.7 Å². The average Bonchev–Trinajstić information content (AvgIpc) is 2.72. The molecule has 30 heavy (non-hydrogen) atoms. The summed E-state index contributed by atoms with van der Waals surface area (Å²) in [5.74, 6) is 0.774. The summed E-state index contributed by atoms with van der Waals surface area (Å²) in [6, 6.07) is 16.2. The molecule has 0 fully saturated rings. The fourth-order valence-electron chi connectivity index (χ4n) is 2.74. The molecular weight excluding hydrogens is 417 g/mol. The summed E-state index contributed by atoms with van der Waals surface area (Å²) in [6.07, 6.45) is -2.67. The normalized spacial score (nSPS) is 11.2. The number of amides is 1. The van der Waals surface area contributed by atoms with E-state index in [4.69, 9.17) is 16.3 Å². The molecule has 0 unspecified atom stereocenters. The second-order valence-electron chi connectivity index (χ2n) is 6.51. The van der Waals surface area contributed by atoms with E-state index in [1.54, 1.807) is 36.5 Å². The van der Waals surface area contributed by atoms with E-state index in [0.29, 0.717) is 17.2 Å². The van der Waals surface area contributed by atoms with Crippen LogP contribution in [0.3, 0.4) is 0 Å². The molecule has 8 heteroatoms. The highest BCUT2D eigenvalue weighted by Gasteiger charge is 2.33. The first kappa shape index (κ1) is 21.6. The van der Waals surface area contributed by atoms with Crippen LogP contribution in [0.15, 0.2) is 66.9 Å². The highest BCUT2D eigenvalue weighted by molar-refractivity contribution is 6.31. The monoisotopic (exact) mass is 434 g/mol. The second-order valence-corrected chi connectivity index (χ2v) is 6.91. The van der Waals surface area contributed by atoms with Gasteiger partial charge in [-0.15, -0.1) is 0 Å². The molecule has 0 aliphatic rings. The summed E-state index contributed by atoms with van der Waals surface area (Å²) in [6.45, 7) is 0.271. The quantitative estimate of drug-likeness (QED) is 0.511.